The summed E-state index contributed by atoms with van der Waals surface area (Å²) in [6.45, 7) is 3.56. The lowest BCUT2D eigenvalue weighted by Crippen LogP contribution is -1.92. The monoisotopic (exact) mass is 128 g/mol. The maximum absolute atomic E-state index is 12.5. The minimum absolute atomic E-state index is 0.366. The average molecular weight is 128 g/mol. The molecule has 0 bridgehead atoms. The number of aryl methyl sites for hydroxylation is 1. The summed E-state index contributed by atoms with van der Waals surface area (Å²) in [6, 6.07) is 0. The molecule has 0 saturated heterocycles. The Morgan fingerprint density at radius 2 is 2.00 bits per heavy atom. The van der Waals surface area contributed by atoms with Crippen molar-refractivity contribution in [1.82, 2.24) is 9.78 Å². The summed E-state index contributed by atoms with van der Waals surface area (Å²) in [5.74, 6) is -0.366. The van der Waals surface area contributed by atoms with Gasteiger partial charge in [-0.3, -0.25) is 4.68 Å². The van der Waals surface area contributed by atoms with Crippen LogP contribution in [0.1, 0.15) is 11.3 Å². The van der Waals surface area contributed by atoms with E-state index < -0.39 is 0 Å². The van der Waals surface area contributed by atoms with Crippen molar-refractivity contribution in [1.29, 1.82) is 0 Å². The van der Waals surface area contributed by atoms with Crippen LogP contribution in [0.3, 0.4) is 0 Å². The third-order valence-corrected chi connectivity index (χ3v) is 1.58. The molecular weight excluding hydrogens is 119 g/mol. The molecule has 0 unspecified atom stereocenters. The fraction of sp³-hybridized carbons (Fsp3) is 0.500. The summed E-state index contributed by atoms with van der Waals surface area (Å²) in [5, 5.41) is 3.56. The standard InChI is InChI=1S/C6H9FN2/c1-4-5(2)9(3)8-6(4)7/h1-3H3. The Kier molecular flexibility index (Phi) is 1.27. The Bertz CT molecular complexity index is 205. The predicted molar refractivity (Wildman–Crippen MR) is 32.6 cm³/mol. The van der Waals surface area contributed by atoms with E-state index in [9.17, 15) is 4.39 Å². The number of halogens is 1. The van der Waals surface area contributed by atoms with Crippen molar-refractivity contribution in [3.8, 4) is 0 Å². The third kappa shape index (κ3) is 0.823. The van der Waals surface area contributed by atoms with E-state index in [-0.39, 0.29) is 5.95 Å². The topological polar surface area (TPSA) is 17.8 Å². The van der Waals surface area contributed by atoms with Crippen molar-refractivity contribution >= 4 is 0 Å². The van der Waals surface area contributed by atoms with E-state index in [1.54, 1.807) is 14.0 Å². The normalized spacial score (nSPS) is 10.2. The molecule has 0 radical (unpaired) electrons. The van der Waals surface area contributed by atoms with Crippen LogP contribution in [0.15, 0.2) is 0 Å². The van der Waals surface area contributed by atoms with Crippen LogP contribution in [-0.2, 0) is 7.05 Å². The molecule has 0 fully saturated rings. The molecule has 1 aromatic heterocycles. The molecule has 0 aliphatic rings. The van der Waals surface area contributed by atoms with Gasteiger partial charge < -0.3 is 0 Å². The Balaban J connectivity index is 3.29. The van der Waals surface area contributed by atoms with Crippen molar-refractivity contribution in [2.45, 2.75) is 13.8 Å². The van der Waals surface area contributed by atoms with E-state index in [1.165, 1.54) is 4.68 Å². The van der Waals surface area contributed by atoms with Gasteiger partial charge in [0, 0.05) is 18.3 Å². The second-order valence-corrected chi connectivity index (χ2v) is 2.12. The highest BCUT2D eigenvalue weighted by molar-refractivity contribution is 5.14. The first kappa shape index (κ1) is 6.26. The van der Waals surface area contributed by atoms with E-state index in [0.717, 1.165) is 5.69 Å². The van der Waals surface area contributed by atoms with Gasteiger partial charge in [-0.25, -0.2) is 0 Å². The van der Waals surface area contributed by atoms with Gasteiger partial charge in [0.1, 0.15) is 0 Å². The molecule has 9 heavy (non-hydrogen) atoms. The molecule has 3 heteroatoms. The van der Waals surface area contributed by atoms with Gasteiger partial charge >= 0.3 is 0 Å². The molecule has 0 aromatic carbocycles. The predicted octanol–water partition coefficient (Wildman–Crippen LogP) is 1.18. The zero-order valence-corrected chi connectivity index (χ0v) is 5.77. The minimum Gasteiger partial charge on any atom is -0.270 e. The average Bonchev–Trinajstić information content (AvgIpc) is 1.98. The lowest BCUT2D eigenvalue weighted by atomic mass is 10.3. The molecule has 50 valence electrons. The van der Waals surface area contributed by atoms with Crippen LogP contribution in [0.5, 0.6) is 0 Å². The minimum atomic E-state index is -0.366. The van der Waals surface area contributed by atoms with E-state index in [0.29, 0.717) is 5.56 Å². The Morgan fingerprint density at radius 1 is 1.44 bits per heavy atom. The van der Waals surface area contributed by atoms with Crippen LogP contribution in [-0.4, -0.2) is 9.78 Å². The third-order valence-electron chi connectivity index (χ3n) is 1.58. The molecule has 0 spiro atoms. The van der Waals surface area contributed by atoms with Crippen LogP contribution >= 0.6 is 0 Å². The summed E-state index contributed by atoms with van der Waals surface area (Å²) >= 11 is 0. The highest BCUT2D eigenvalue weighted by Gasteiger charge is 2.05. The molecule has 0 saturated carbocycles. The number of aromatic nitrogens is 2. The summed E-state index contributed by atoms with van der Waals surface area (Å²) in [4.78, 5) is 0. The molecule has 1 rings (SSSR count). The summed E-state index contributed by atoms with van der Waals surface area (Å²) < 4.78 is 14.0. The van der Waals surface area contributed by atoms with Gasteiger partial charge in [0.05, 0.1) is 0 Å². The number of rotatable bonds is 0. The van der Waals surface area contributed by atoms with Crippen LogP contribution in [0, 0.1) is 19.8 Å². The fourth-order valence-electron chi connectivity index (χ4n) is 0.674. The van der Waals surface area contributed by atoms with E-state index >= 15 is 0 Å². The molecule has 1 heterocycles. The first-order valence-electron chi connectivity index (χ1n) is 2.78. The van der Waals surface area contributed by atoms with Crippen molar-refractivity contribution in [2.24, 2.45) is 7.05 Å². The van der Waals surface area contributed by atoms with Crippen molar-refractivity contribution in [2.75, 3.05) is 0 Å². The van der Waals surface area contributed by atoms with Gasteiger partial charge in [-0.2, -0.15) is 4.39 Å². The molecule has 0 atom stereocenters. The zero-order chi connectivity index (χ0) is 7.02. The molecular formula is C6H9FN2. The van der Waals surface area contributed by atoms with Gasteiger partial charge in [-0.05, 0) is 13.8 Å². The molecule has 0 amide bonds. The molecule has 0 aliphatic heterocycles. The SMILES string of the molecule is Cc1c(F)nn(C)c1C. The maximum Gasteiger partial charge on any atom is 0.235 e. The molecule has 0 N–H and O–H groups in total. The number of hydrogen-bond donors (Lipinski definition) is 0. The lowest BCUT2D eigenvalue weighted by molar-refractivity contribution is 0.547. The van der Waals surface area contributed by atoms with E-state index in [2.05, 4.69) is 5.10 Å². The van der Waals surface area contributed by atoms with Crippen LogP contribution in [0.2, 0.25) is 0 Å². The maximum atomic E-state index is 12.5. The van der Waals surface area contributed by atoms with Crippen LogP contribution in [0.4, 0.5) is 4.39 Å². The molecule has 2 nitrogen and oxygen atoms in total. The van der Waals surface area contributed by atoms with Gasteiger partial charge in [0.15, 0.2) is 0 Å². The fourth-order valence-corrected chi connectivity index (χ4v) is 0.674. The summed E-state index contributed by atoms with van der Waals surface area (Å²) in [7, 11) is 1.73. The van der Waals surface area contributed by atoms with Gasteiger partial charge in [-0.1, -0.05) is 0 Å². The van der Waals surface area contributed by atoms with Gasteiger partial charge in [0.25, 0.3) is 0 Å². The largest absolute Gasteiger partial charge is 0.270 e. The molecule has 0 aliphatic carbocycles. The smallest absolute Gasteiger partial charge is 0.235 e. The highest BCUT2D eigenvalue weighted by Crippen LogP contribution is 2.07. The van der Waals surface area contributed by atoms with Crippen molar-refractivity contribution < 1.29 is 4.39 Å². The Labute approximate surface area is 53.3 Å². The van der Waals surface area contributed by atoms with E-state index in [1.807, 2.05) is 6.92 Å². The Hall–Kier alpha value is -0.860. The van der Waals surface area contributed by atoms with Crippen LogP contribution in [0.25, 0.3) is 0 Å². The quantitative estimate of drug-likeness (QED) is 0.513. The van der Waals surface area contributed by atoms with E-state index in [4.69, 9.17) is 0 Å². The molecule has 1 aromatic rings. The number of nitrogens with zero attached hydrogens (tertiary/aromatic N) is 2. The summed E-state index contributed by atoms with van der Waals surface area (Å²) in [5.41, 5.74) is 1.52. The van der Waals surface area contributed by atoms with Gasteiger partial charge in [0.2, 0.25) is 5.95 Å². The van der Waals surface area contributed by atoms with Crippen LogP contribution < -0.4 is 0 Å². The first-order chi connectivity index (χ1) is 4.13. The first-order valence-corrected chi connectivity index (χ1v) is 2.78. The highest BCUT2D eigenvalue weighted by atomic mass is 19.1. The zero-order valence-electron chi connectivity index (χ0n) is 5.77. The second-order valence-electron chi connectivity index (χ2n) is 2.12. The van der Waals surface area contributed by atoms with Gasteiger partial charge in [-0.15, -0.1) is 5.10 Å². The summed E-state index contributed by atoms with van der Waals surface area (Å²) in [6.07, 6.45) is 0. The van der Waals surface area contributed by atoms with Crippen molar-refractivity contribution in [3.63, 3.8) is 0 Å². The van der Waals surface area contributed by atoms with Crippen molar-refractivity contribution in [3.05, 3.63) is 17.2 Å². The lowest BCUT2D eigenvalue weighted by Gasteiger charge is -1.90. The Morgan fingerprint density at radius 3 is 2.11 bits per heavy atom. The number of hydrogen-bond acceptors (Lipinski definition) is 1. The second kappa shape index (κ2) is 1.83.